The second-order valence-corrected chi connectivity index (χ2v) is 5.94. The first-order chi connectivity index (χ1) is 9.69. The van der Waals surface area contributed by atoms with E-state index in [1.165, 1.54) is 25.7 Å². The molecular weight excluding hydrogens is 377 g/mol. The van der Waals surface area contributed by atoms with E-state index in [4.69, 9.17) is 0 Å². The van der Waals surface area contributed by atoms with Gasteiger partial charge < -0.3 is 15.2 Å². The number of nitrogens with one attached hydrogen (secondary N) is 2. The van der Waals surface area contributed by atoms with Gasteiger partial charge in [0, 0.05) is 32.0 Å². The first-order valence-electron chi connectivity index (χ1n) is 7.66. The van der Waals surface area contributed by atoms with E-state index in [9.17, 15) is 0 Å². The second kappa shape index (κ2) is 9.27. The maximum atomic E-state index is 4.43. The Morgan fingerprint density at radius 2 is 2.14 bits per heavy atom. The molecule has 2 N–H and O–H groups in total. The van der Waals surface area contributed by atoms with Gasteiger partial charge in [0.1, 0.15) is 5.82 Å². The zero-order valence-electron chi connectivity index (χ0n) is 13.3. The van der Waals surface area contributed by atoms with Crippen LogP contribution >= 0.6 is 24.0 Å². The Balaban J connectivity index is 0.00000220. The van der Waals surface area contributed by atoms with Gasteiger partial charge in [-0.3, -0.25) is 4.99 Å². The van der Waals surface area contributed by atoms with Crippen LogP contribution < -0.4 is 10.6 Å². The number of guanidine groups is 1. The summed E-state index contributed by atoms with van der Waals surface area (Å²) in [4.78, 5) is 8.72. The maximum Gasteiger partial charge on any atom is 0.191 e. The number of hydrogen-bond acceptors (Lipinski definition) is 2. The minimum Gasteiger partial charge on any atom is -0.354 e. The number of halogens is 1. The standard InChI is InChI=1S/C15H27N5.HI/c1-12(2)11-20-9-8-17-14(20)10-18-15(16-3)19-13-6-4-5-7-13;/h8-9,12-13H,4-7,10-11H2,1-3H3,(H2,16,18,19);1H. The van der Waals surface area contributed by atoms with Gasteiger partial charge in [0.25, 0.3) is 0 Å². The van der Waals surface area contributed by atoms with E-state index in [-0.39, 0.29) is 24.0 Å². The first kappa shape index (κ1) is 18.3. The molecule has 0 amide bonds. The smallest absolute Gasteiger partial charge is 0.191 e. The lowest BCUT2D eigenvalue weighted by Crippen LogP contribution is -2.42. The largest absolute Gasteiger partial charge is 0.354 e. The predicted octanol–water partition coefficient (Wildman–Crippen LogP) is 2.76. The van der Waals surface area contributed by atoms with E-state index in [2.05, 4.69) is 39.0 Å². The fourth-order valence-corrected chi connectivity index (χ4v) is 2.69. The molecule has 0 unspecified atom stereocenters. The molecule has 1 aliphatic rings. The van der Waals surface area contributed by atoms with Crippen molar-refractivity contribution in [1.29, 1.82) is 0 Å². The molecule has 21 heavy (non-hydrogen) atoms. The quantitative estimate of drug-likeness (QED) is 0.450. The molecule has 1 aromatic heterocycles. The average Bonchev–Trinajstić information content (AvgIpc) is 3.05. The summed E-state index contributed by atoms with van der Waals surface area (Å²) < 4.78 is 2.21. The minimum absolute atomic E-state index is 0. The van der Waals surface area contributed by atoms with Gasteiger partial charge in [0.2, 0.25) is 0 Å². The van der Waals surface area contributed by atoms with E-state index in [0.717, 1.165) is 18.3 Å². The topological polar surface area (TPSA) is 54.2 Å². The van der Waals surface area contributed by atoms with Gasteiger partial charge in [-0.1, -0.05) is 26.7 Å². The molecule has 1 saturated carbocycles. The summed E-state index contributed by atoms with van der Waals surface area (Å²) in [7, 11) is 1.82. The number of nitrogens with zero attached hydrogens (tertiary/aromatic N) is 3. The van der Waals surface area contributed by atoms with Crippen molar-refractivity contribution in [2.24, 2.45) is 10.9 Å². The van der Waals surface area contributed by atoms with Crippen molar-refractivity contribution in [2.75, 3.05) is 7.05 Å². The van der Waals surface area contributed by atoms with Crippen LogP contribution in [0.5, 0.6) is 0 Å². The number of imidazole rings is 1. The molecule has 0 spiro atoms. The summed E-state index contributed by atoms with van der Waals surface area (Å²) in [5.41, 5.74) is 0. The fraction of sp³-hybridized carbons (Fsp3) is 0.733. The number of rotatable bonds is 5. The maximum absolute atomic E-state index is 4.43. The molecule has 1 fully saturated rings. The van der Waals surface area contributed by atoms with E-state index in [1.807, 2.05) is 19.4 Å². The summed E-state index contributed by atoms with van der Waals surface area (Å²) in [5, 5.41) is 6.86. The molecule has 0 radical (unpaired) electrons. The lowest BCUT2D eigenvalue weighted by molar-refractivity contribution is 0.503. The molecule has 0 aromatic carbocycles. The van der Waals surface area contributed by atoms with Gasteiger partial charge in [-0.2, -0.15) is 0 Å². The van der Waals surface area contributed by atoms with Crippen LogP contribution in [-0.2, 0) is 13.1 Å². The second-order valence-electron chi connectivity index (χ2n) is 5.94. The molecule has 0 bridgehead atoms. The average molecular weight is 405 g/mol. The molecular formula is C15H28IN5. The van der Waals surface area contributed by atoms with E-state index in [0.29, 0.717) is 18.5 Å². The van der Waals surface area contributed by atoms with Crippen molar-refractivity contribution >= 4 is 29.9 Å². The van der Waals surface area contributed by atoms with Crippen LogP contribution in [0.15, 0.2) is 17.4 Å². The highest BCUT2D eigenvalue weighted by Gasteiger charge is 2.16. The molecule has 0 atom stereocenters. The third-order valence-corrected chi connectivity index (χ3v) is 3.70. The number of hydrogen-bond donors (Lipinski definition) is 2. The van der Waals surface area contributed by atoms with E-state index < -0.39 is 0 Å². The Bertz CT molecular complexity index is 435. The van der Waals surface area contributed by atoms with Gasteiger partial charge >= 0.3 is 0 Å². The lowest BCUT2D eigenvalue weighted by Gasteiger charge is -2.17. The monoisotopic (exact) mass is 405 g/mol. The van der Waals surface area contributed by atoms with Gasteiger partial charge in [-0.15, -0.1) is 24.0 Å². The van der Waals surface area contributed by atoms with Crippen LogP contribution in [0.3, 0.4) is 0 Å². The zero-order valence-corrected chi connectivity index (χ0v) is 15.6. The van der Waals surface area contributed by atoms with Crippen LogP contribution in [0.4, 0.5) is 0 Å². The Hall–Kier alpha value is -0.790. The molecule has 0 saturated heterocycles. The normalized spacial score (nSPS) is 16.1. The molecule has 6 heteroatoms. The van der Waals surface area contributed by atoms with Gasteiger partial charge in [0.05, 0.1) is 6.54 Å². The Morgan fingerprint density at radius 1 is 1.43 bits per heavy atom. The molecule has 1 aliphatic carbocycles. The summed E-state index contributed by atoms with van der Waals surface area (Å²) in [5.74, 6) is 2.57. The summed E-state index contributed by atoms with van der Waals surface area (Å²) in [6, 6.07) is 0.580. The van der Waals surface area contributed by atoms with Crippen LogP contribution in [-0.4, -0.2) is 28.6 Å². The highest BCUT2D eigenvalue weighted by molar-refractivity contribution is 14.0. The third-order valence-electron chi connectivity index (χ3n) is 3.70. The molecule has 2 rings (SSSR count). The van der Waals surface area contributed by atoms with Crippen molar-refractivity contribution in [3.8, 4) is 0 Å². The molecule has 120 valence electrons. The van der Waals surface area contributed by atoms with Crippen LogP contribution in [0.25, 0.3) is 0 Å². The summed E-state index contributed by atoms with van der Waals surface area (Å²) in [6.45, 7) is 6.16. The lowest BCUT2D eigenvalue weighted by atomic mass is 10.2. The van der Waals surface area contributed by atoms with Crippen molar-refractivity contribution in [2.45, 2.75) is 58.7 Å². The summed E-state index contributed by atoms with van der Waals surface area (Å²) >= 11 is 0. The van der Waals surface area contributed by atoms with E-state index in [1.54, 1.807) is 0 Å². The minimum atomic E-state index is 0. The van der Waals surface area contributed by atoms with Crippen LogP contribution in [0.1, 0.15) is 45.4 Å². The van der Waals surface area contributed by atoms with Crippen molar-refractivity contribution in [3.63, 3.8) is 0 Å². The van der Waals surface area contributed by atoms with Crippen LogP contribution in [0.2, 0.25) is 0 Å². The Morgan fingerprint density at radius 3 is 2.76 bits per heavy atom. The highest BCUT2D eigenvalue weighted by atomic mass is 127. The summed E-state index contributed by atoms with van der Waals surface area (Å²) in [6.07, 6.45) is 9.07. The molecule has 0 aliphatic heterocycles. The van der Waals surface area contributed by atoms with Crippen molar-refractivity contribution in [3.05, 3.63) is 18.2 Å². The van der Waals surface area contributed by atoms with Gasteiger partial charge in [0.15, 0.2) is 5.96 Å². The van der Waals surface area contributed by atoms with Gasteiger partial charge in [-0.25, -0.2) is 4.98 Å². The zero-order chi connectivity index (χ0) is 14.4. The SMILES string of the molecule is CN=C(NCc1nccn1CC(C)C)NC1CCCC1.I. The van der Waals surface area contributed by atoms with Crippen molar-refractivity contribution < 1.29 is 0 Å². The van der Waals surface area contributed by atoms with Crippen molar-refractivity contribution in [1.82, 2.24) is 20.2 Å². The number of aromatic nitrogens is 2. The first-order valence-corrected chi connectivity index (χ1v) is 7.66. The van der Waals surface area contributed by atoms with Crippen LogP contribution in [0, 0.1) is 5.92 Å². The highest BCUT2D eigenvalue weighted by Crippen LogP contribution is 2.17. The Labute approximate surface area is 145 Å². The molecule has 1 heterocycles. The Kier molecular flexibility index (Phi) is 8.06. The molecule has 1 aromatic rings. The fourth-order valence-electron chi connectivity index (χ4n) is 2.69. The predicted molar refractivity (Wildman–Crippen MR) is 98.1 cm³/mol. The molecule has 5 nitrogen and oxygen atoms in total. The van der Waals surface area contributed by atoms with Gasteiger partial charge in [-0.05, 0) is 18.8 Å². The third kappa shape index (κ3) is 5.84. The van der Waals surface area contributed by atoms with E-state index >= 15 is 0 Å². The number of aliphatic imine (C=N–C) groups is 1.